The Kier molecular flexibility index (Phi) is 3.21. The Morgan fingerprint density at radius 1 is 1.44 bits per heavy atom. The van der Waals surface area contributed by atoms with Crippen molar-refractivity contribution in [1.29, 1.82) is 0 Å². The van der Waals surface area contributed by atoms with Crippen molar-refractivity contribution in [2.24, 2.45) is 5.41 Å². The van der Waals surface area contributed by atoms with E-state index in [0.29, 0.717) is 5.69 Å². The molecule has 0 atom stereocenters. The minimum atomic E-state index is -0.959. The average Bonchev–Trinajstić information content (AvgIpc) is 2.26. The number of halogens is 2. The number of ether oxygens (including phenoxy) is 1. The molecule has 98 valence electrons. The molecule has 0 unspecified atom stereocenters. The molecule has 6 heteroatoms. The molecule has 0 spiro atoms. The maximum atomic E-state index is 13.1. The second-order valence-corrected chi connectivity index (χ2v) is 4.53. The summed E-state index contributed by atoms with van der Waals surface area (Å²) in [7, 11) is 1.63. The van der Waals surface area contributed by atoms with Gasteiger partial charge in [-0.3, -0.25) is 4.79 Å². The molecule has 0 amide bonds. The van der Waals surface area contributed by atoms with Crippen LogP contribution in [0.25, 0.3) is 0 Å². The second kappa shape index (κ2) is 4.53. The highest BCUT2D eigenvalue weighted by Gasteiger charge is 2.47. The van der Waals surface area contributed by atoms with Gasteiger partial charge in [-0.2, -0.15) is 0 Å². The van der Waals surface area contributed by atoms with Gasteiger partial charge in [-0.25, -0.2) is 8.78 Å². The average molecular weight is 257 g/mol. The van der Waals surface area contributed by atoms with Crippen LogP contribution in [0.15, 0.2) is 18.2 Å². The summed E-state index contributed by atoms with van der Waals surface area (Å²) < 4.78 is 30.8. The Morgan fingerprint density at radius 3 is 2.56 bits per heavy atom. The van der Waals surface area contributed by atoms with Gasteiger partial charge in [0.15, 0.2) is 11.6 Å². The van der Waals surface area contributed by atoms with Gasteiger partial charge in [0.1, 0.15) is 5.41 Å². The molecular weight excluding hydrogens is 244 g/mol. The molecule has 2 rings (SSSR count). The predicted octanol–water partition coefficient (Wildman–Crippen LogP) is 1.50. The van der Waals surface area contributed by atoms with Crippen molar-refractivity contribution in [2.45, 2.75) is 0 Å². The molecule has 0 bridgehead atoms. The molecule has 1 aromatic carbocycles. The van der Waals surface area contributed by atoms with Gasteiger partial charge in [-0.1, -0.05) is 0 Å². The standard InChI is InChI=1S/C12H13F2NO3/c1-15(5-12(11(16)17)6-18-7-12)8-2-3-9(13)10(14)4-8/h2-4H,5-7H2,1H3,(H,16,17). The van der Waals surface area contributed by atoms with Gasteiger partial charge >= 0.3 is 5.97 Å². The minimum absolute atomic E-state index is 0.135. The fourth-order valence-electron chi connectivity index (χ4n) is 1.90. The number of hydrogen-bond donors (Lipinski definition) is 1. The Bertz CT molecular complexity index is 474. The zero-order chi connectivity index (χ0) is 13.3. The molecule has 1 aliphatic rings. The van der Waals surface area contributed by atoms with Crippen LogP contribution in [0.5, 0.6) is 0 Å². The molecule has 4 nitrogen and oxygen atoms in total. The van der Waals surface area contributed by atoms with Gasteiger partial charge < -0.3 is 14.7 Å². The summed E-state index contributed by atoms with van der Waals surface area (Å²) in [4.78, 5) is 12.7. The van der Waals surface area contributed by atoms with Gasteiger partial charge in [0, 0.05) is 25.3 Å². The molecule has 1 aromatic rings. The van der Waals surface area contributed by atoms with E-state index in [2.05, 4.69) is 0 Å². The highest BCUT2D eigenvalue weighted by atomic mass is 19.2. The third-order valence-corrected chi connectivity index (χ3v) is 3.09. The molecule has 1 heterocycles. The molecule has 1 fully saturated rings. The van der Waals surface area contributed by atoms with Gasteiger partial charge in [-0.05, 0) is 12.1 Å². The van der Waals surface area contributed by atoms with E-state index in [0.717, 1.165) is 12.1 Å². The molecule has 0 aromatic heterocycles. The summed E-state index contributed by atoms with van der Waals surface area (Å²) in [5, 5.41) is 9.14. The fourth-order valence-corrected chi connectivity index (χ4v) is 1.90. The van der Waals surface area contributed by atoms with E-state index >= 15 is 0 Å². The highest BCUT2D eigenvalue weighted by molar-refractivity contribution is 5.77. The van der Waals surface area contributed by atoms with Crippen molar-refractivity contribution < 1.29 is 23.4 Å². The topological polar surface area (TPSA) is 49.8 Å². The zero-order valence-corrected chi connectivity index (χ0v) is 9.82. The molecule has 18 heavy (non-hydrogen) atoms. The number of anilines is 1. The van der Waals surface area contributed by atoms with E-state index in [1.807, 2.05) is 0 Å². The van der Waals surface area contributed by atoms with E-state index in [4.69, 9.17) is 9.84 Å². The SMILES string of the molecule is CN(CC1(C(=O)O)COC1)c1ccc(F)c(F)c1. The van der Waals surface area contributed by atoms with Crippen LogP contribution < -0.4 is 4.90 Å². The van der Waals surface area contributed by atoms with Crippen LogP contribution in [0.2, 0.25) is 0 Å². The Hall–Kier alpha value is -1.69. The number of rotatable bonds is 4. The van der Waals surface area contributed by atoms with Crippen LogP contribution >= 0.6 is 0 Å². The predicted molar refractivity (Wildman–Crippen MR) is 60.5 cm³/mol. The minimum Gasteiger partial charge on any atom is -0.481 e. The molecule has 0 radical (unpaired) electrons. The Labute approximate surface area is 103 Å². The summed E-state index contributed by atoms with van der Waals surface area (Å²) in [5.41, 5.74) is -0.527. The lowest BCUT2D eigenvalue weighted by molar-refractivity contribution is -0.177. The number of hydrogen-bond acceptors (Lipinski definition) is 3. The lowest BCUT2D eigenvalue weighted by Crippen LogP contribution is -2.55. The van der Waals surface area contributed by atoms with Gasteiger partial charge in [0.2, 0.25) is 0 Å². The normalized spacial score (nSPS) is 17.1. The first-order valence-corrected chi connectivity index (χ1v) is 5.42. The first kappa shape index (κ1) is 12.8. The smallest absolute Gasteiger partial charge is 0.316 e. The number of carbonyl (C=O) groups is 1. The number of aliphatic carboxylic acids is 1. The quantitative estimate of drug-likeness (QED) is 0.888. The van der Waals surface area contributed by atoms with Crippen LogP contribution in [0, 0.1) is 17.0 Å². The van der Waals surface area contributed by atoms with Crippen LogP contribution in [0.1, 0.15) is 0 Å². The Balaban J connectivity index is 2.14. The highest BCUT2D eigenvalue weighted by Crippen LogP contribution is 2.30. The third kappa shape index (κ3) is 2.15. The first-order valence-electron chi connectivity index (χ1n) is 5.42. The number of carboxylic acids is 1. The summed E-state index contributed by atoms with van der Waals surface area (Å²) in [6.07, 6.45) is 0. The van der Waals surface area contributed by atoms with E-state index in [9.17, 15) is 13.6 Å². The van der Waals surface area contributed by atoms with Crippen molar-refractivity contribution in [3.8, 4) is 0 Å². The number of nitrogens with zero attached hydrogens (tertiary/aromatic N) is 1. The van der Waals surface area contributed by atoms with Crippen LogP contribution in [0.3, 0.4) is 0 Å². The summed E-state index contributed by atoms with van der Waals surface area (Å²) in [5.74, 6) is -2.82. The van der Waals surface area contributed by atoms with Crippen molar-refractivity contribution in [3.63, 3.8) is 0 Å². The van der Waals surface area contributed by atoms with Crippen LogP contribution in [0.4, 0.5) is 14.5 Å². The number of benzene rings is 1. The molecule has 0 aliphatic carbocycles. The zero-order valence-electron chi connectivity index (χ0n) is 9.82. The molecule has 1 aliphatic heterocycles. The summed E-state index contributed by atoms with van der Waals surface area (Å²) in [6, 6.07) is 3.48. The maximum Gasteiger partial charge on any atom is 0.316 e. The van der Waals surface area contributed by atoms with Crippen molar-refractivity contribution in [1.82, 2.24) is 0 Å². The van der Waals surface area contributed by atoms with E-state index in [1.165, 1.54) is 6.07 Å². The lowest BCUT2D eigenvalue weighted by atomic mass is 9.85. The fraction of sp³-hybridized carbons (Fsp3) is 0.417. The molecule has 1 N–H and O–H groups in total. The van der Waals surface area contributed by atoms with E-state index < -0.39 is 23.0 Å². The van der Waals surface area contributed by atoms with Crippen molar-refractivity contribution >= 4 is 11.7 Å². The lowest BCUT2D eigenvalue weighted by Gasteiger charge is -2.40. The van der Waals surface area contributed by atoms with Crippen LogP contribution in [-0.2, 0) is 9.53 Å². The molecule has 0 saturated carbocycles. The van der Waals surface area contributed by atoms with E-state index in [1.54, 1.807) is 11.9 Å². The van der Waals surface area contributed by atoms with Crippen molar-refractivity contribution in [3.05, 3.63) is 29.8 Å². The summed E-state index contributed by atoms with van der Waals surface area (Å²) >= 11 is 0. The molecule has 1 saturated heterocycles. The largest absolute Gasteiger partial charge is 0.481 e. The third-order valence-electron chi connectivity index (χ3n) is 3.09. The van der Waals surface area contributed by atoms with E-state index in [-0.39, 0.29) is 19.8 Å². The van der Waals surface area contributed by atoms with Gasteiger partial charge in [-0.15, -0.1) is 0 Å². The molecular formula is C12H13F2NO3. The van der Waals surface area contributed by atoms with Crippen LogP contribution in [-0.4, -0.2) is 37.9 Å². The van der Waals surface area contributed by atoms with Gasteiger partial charge in [0.05, 0.1) is 13.2 Å². The first-order chi connectivity index (χ1) is 8.44. The maximum absolute atomic E-state index is 13.1. The Morgan fingerprint density at radius 2 is 2.11 bits per heavy atom. The second-order valence-electron chi connectivity index (χ2n) is 4.53. The monoisotopic (exact) mass is 257 g/mol. The van der Waals surface area contributed by atoms with Gasteiger partial charge in [0.25, 0.3) is 0 Å². The van der Waals surface area contributed by atoms with Crippen molar-refractivity contribution in [2.75, 3.05) is 31.7 Å². The summed E-state index contributed by atoms with van der Waals surface area (Å²) in [6.45, 7) is 0.458. The number of carboxylic acid groups (broad SMARTS) is 1.